The maximum Gasteiger partial charge on any atom is 0.472 e. The first-order valence-electron chi connectivity index (χ1n) is 21.8. The summed E-state index contributed by atoms with van der Waals surface area (Å²) < 4.78 is 32.7. The van der Waals surface area contributed by atoms with Crippen molar-refractivity contribution in [2.75, 3.05) is 26.4 Å². The van der Waals surface area contributed by atoms with Crippen molar-refractivity contribution < 1.29 is 37.6 Å². The van der Waals surface area contributed by atoms with Crippen LogP contribution < -0.4 is 5.73 Å². The number of esters is 2. The first-order valence-corrected chi connectivity index (χ1v) is 23.3. The molecule has 0 aliphatic heterocycles. The van der Waals surface area contributed by atoms with E-state index in [2.05, 4.69) is 74.6 Å². The number of ether oxygens (including phenoxy) is 2. The van der Waals surface area contributed by atoms with Gasteiger partial charge in [0.2, 0.25) is 0 Å². The Balaban J connectivity index is 4.19. The van der Waals surface area contributed by atoms with E-state index in [1.165, 1.54) is 89.9 Å². The Kier molecular flexibility index (Phi) is 39.6. The molecular weight excluding hydrogens is 713 g/mol. The summed E-state index contributed by atoms with van der Waals surface area (Å²) in [6, 6.07) is 0. The fourth-order valence-corrected chi connectivity index (χ4v) is 6.44. The second kappa shape index (κ2) is 41.3. The summed E-state index contributed by atoms with van der Waals surface area (Å²) in [5.74, 6) is -0.882. The summed E-state index contributed by atoms with van der Waals surface area (Å²) in [4.78, 5) is 34.8. The molecule has 0 radical (unpaired) electrons. The van der Waals surface area contributed by atoms with Crippen LogP contribution in [0, 0.1) is 0 Å². The van der Waals surface area contributed by atoms with Crippen molar-refractivity contribution in [2.24, 2.45) is 5.73 Å². The van der Waals surface area contributed by atoms with Gasteiger partial charge in [-0.25, -0.2) is 4.57 Å². The van der Waals surface area contributed by atoms with Gasteiger partial charge >= 0.3 is 19.8 Å². The van der Waals surface area contributed by atoms with E-state index < -0.39 is 32.5 Å². The molecule has 0 bridgehead atoms. The maximum atomic E-state index is 12.6. The van der Waals surface area contributed by atoms with E-state index in [-0.39, 0.29) is 32.6 Å². The van der Waals surface area contributed by atoms with Crippen molar-refractivity contribution in [3.05, 3.63) is 60.8 Å². The summed E-state index contributed by atoms with van der Waals surface area (Å²) in [5, 5.41) is 0. The maximum absolute atomic E-state index is 12.6. The molecule has 0 aliphatic rings. The van der Waals surface area contributed by atoms with Crippen molar-refractivity contribution >= 4 is 19.8 Å². The molecule has 0 amide bonds. The van der Waals surface area contributed by atoms with Crippen LogP contribution in [0.25, 0.3) is 0 Å². The molecule has 0 aromatic heterocycles. The van der Waals surface area contributed by atoms with Gasteiger partial charge in [-0.2, -0.15) is 0 Å². The highest BCUT2D eigenvalue weighted by atomic mass is 31.2. The standard InChI is InChI=1S/C45H80NO8P/c1-3-5-7-9-11-13-15-17-19-20-21-22-24-25-27-29-31-33-35-37-44(47)51-41-43(42-53-55(49,50)52-40-39-46)54-45(48)38-36-34-32-30-28-26-23-18-16-14-12-10-8-6-4-2/h6,8,12,14,17-19,23,28,30,43H,3-5,7,9-11,13,15-16,20-22,24-27,29,31-42,46H2,1-2H3,(H,49,50)/b8-6-,14-12-,19-17-,23-18-,30-28-/t43-/m1/s1. The molecule has 0 saturated carbocycles. The number of hydrogen-bond acceptors (Lipinski definition) is 8. The third-order valence-electron chi connectivity index (χ3n) is 8.89. The summed E-state index contributed by atoms with van der Waals surface area (Å²) in [6.45, 7) is 3.56. The summed E-state index contributed by atoms with van der Waals surface area (Å²) in [7, 11) is -4.39. The third kappa shape index (κ3) is 41.2. The quantitative estimate of drug-likeness (QED) is 0.0269. The van der Waals surface area contributed by atoms with E-state index in [1.54, 1.807) is 0 Å². The van der Waals surface area contributed by atoms with Crippen LogP contribution in [-0.4, -0.2) is 49.3 Å². The first-order chi connectivity index (χ1) is 26.8. The summed E-state index contributed by atoms with van der Waals surface area (Å²) in [6.07, 6.45) is 48.3. The van der Waals surface area contributed by atoms with Crippen LogP contribution in [0.4, 0.5) is 0 Å². The zero-order valence-electron chi connectivity index (χ0n) is 34.9. The molecule has 0 rings (SSSR count). The van der Waals surface area contributed by atoms with Gasteiger partial charge in [0.05, 0.1) is 13.2 Å². The minimum Gasteiger partial charge on any atom is -0.462 e. The van der Waals surface area contributed by atoms with Crippen LogP contribution in [0.15, 0.2) is 60.8 Å². The summed E-state index contributed by atoms with van der Waals surface area (Å²) in [5.41, 5.74) is 5.34. The van der Waals surface area contributed by atoms with E-state index in [0.29, 0.717) is 6.42 Å². The Morgan fingerprint density at radius 2 is 1.00 bits per heavy atom. The fourth-order valence-electron chi connectivity index (χ4n) is 5.68. The first kappa shape index (κ1) is 52.7. The lowest BCUT2D eigenvalue weighted by molar-refractivity contribution is -0.161. The minimum atomic E-state index is -4.39. The van der Waals surface area contributed by atoms with Crippen molar-refractivity contribution in [2.45, 2.75) is 187 Å². The van der Waals surface area contributed by atoms with Crippen molar-refractivity contribution in [3.63, 3.8) is 0 Å². The molecule has 55 heavy (non-hydrogen) atoms. The number of rotatable bonds is 40. The average Bonchev–Trinajstić information content (AvgIpc) is 3.17. The molecule has 1 unspecified atom stereocenters. The molecule has 0 aromatic rings. The van der Waals surface area contributed by atoms with Crippen LogP contribution in [0.1, 0.15) is 181 Å². The second-order valence-corrected chi connectivity index (χ2v) is 15.6. The largest absolute Gasteiger partial charge is 0.472 e. The van der Waals surface area contributed by atoms with Gasteiger partial charge in [0, 0.05) is 19.4 Å². The van der Waals surface area contributed by atoms with E-state index in [4.69, 9.17) is 24.3 Å². The molecule has 0 saturated heterocycles. The Hall–Kier alpha value is -2.29. The lowest BCUT2D eigenvalue weighted by atomic mass is 10.1. The molecule has 318 valence electrons. The highest BCUT2D eigenvalue weighted by Crippen LogP contribution is 2.43. The van der Waals surface area contributed by atoms with Crippen LogP contribution in [-0.2, 0) is 32.7 Å². The van der Waals surface area contributed by atoms with Crippen LogP contribution in [0.3, 0.4) is 0 Å². The molecular formula is C45H80NO8P. The van der Waals surface area contributed by atoms with Crippen molar-refractivity contribution in [3.8, 4) is 0 Å². The molecule has 0 aliphatic carbocycles. The molecule has 0 spiro atoms. The lowest BCUT2D eigenvalue weighted by Gasteiger charge is -2.19. The average molecular weight is 794 g/mol. The third-order valence-corrected chi connectivity index (χ3v) is 9.87. The van der Waals surface area contributed by atoms with Gasteiger partial charge in [-0.15, -0.1) is 0 Å². The highest BCUT2D eigenvalue weighted by molar-refractivity contribution is 7.47. The predicted molar refractivity (Wildman–Crippen MR) is 229 cm³/mol. The van der Waals surface area contributed by atoms with Gasteiger partial charge in [-0.1, -0.05) is 152 Å². The monoisotopic (exact) mass is 794 g/mol. The molecule has 2 atom stereocenters. The zero-order valence-corrected chi connectivity index (χ0v) is 35.8. The Morgan fingerprint density at radius 3 is 1.55 bits per heavy atom. The molecule has 0 heterocycles. The number of phosphoric acid groups is 1. The van der Waals surface area contributed by atoms with Gasteiger partial charge in [-0.3, -0.25) is 18.6 Å². The topological polar surface area (TPSA) is 134 Å². The Morgan fingerprint density at radius 1 is 0.564 bits per heavy atom. The van der Waals surface area contributed by atoms with Gasteiger partial charge in [0.1, 0.15) is 6.61 Å². The van der Waals surface area contributed by atoms with E-state index in [1.807, 2.05) is 0 Å². The van der Waals surface area contributed by atoms with Crippen LogP contribution >= 0.6 is 7.82 Å². The van der Waals surface area contributed by atoms with Crippen molar-refractivity contribution in [1.29, 1.82) is 0 Å². The van der Waals surface area contributed by atoms with Crippen LogP contribution in [0.5, 0.6) is 0 Å². The van der Waals surface area contributed by atoms with E-state index >= 15 is 0 Å². The SMILES string of the molecule is CC/C=C\C/C=C\C/C=C\C/C=C\CCCCC(=O)O[C@H](COC(=O)CCCCCCCCCCC/C=C\CCCCCCCC)COP(=O)(O)OCCN. The van der Waals surface area contributed by atoms with Gasteiger partial charge < -0.3 is 20.1 Å². The molecule has 9 nitrogen and oxygen atoms in total. The Bertz CT molecular complexity index is 1090. The number of hydrogen-bond donors (Lipinski definition) is 2. The molecule has 0 fully saturated rings. The number of phosphoric ester groups is 1. The number of carbonyl (C=O) groups is 2. The van der Waals surface area contributed by atoms with Gasteiger partial charge in [0.25, 0.3) is 0 Å². The fraction of sp³-hybridized carbons (Fsp3) is 0.733. The Labute approximate surface area is 336 Å². The molecule has 0 aromatic carbocycles. The summed E-state index contributed by atoms with van der Waals surface area (Å²) >= 11 is 0. The zero-order chi connectivity index (χ0) is 40.3. The highest BCUT2D eigenvalue weighted by Gasteiger charge is 2.25. The molecule has 10 heteroatoms. The van der Waals surface area contributed by atoms with Gasteiger partial charge in [-0.05, 0) is 77.0 Å². The predicted octanol–water partition coefficient (Wildman–Crippen LogP) is 12.5. The number of allylic oxidation sites excluding steroid dienone is 10. The van der Waals surface area contributed by atoms with E-state index in [0.717, 1.165) is 57.8 Å². The molecule has 3 N–H and O–H groups in total. The van der Waals surface area contributed by atoms with E-state index in [9.17, 15) is 19.0 Å². The van der Waals surface area contributed by atoms with Crippen molar-refractivity contribution in [1.82, 2.24) is 0 Å². The second-order valence-electron chi connectivity index (χ2n) is 14.2. The normalized spacial score (nSPS) is 13.9. The lowest BCUT2D eigenvalue weighted by Crippen LogP contribution is -2.29. The smallest absolute Gasteiger partial charge is 0.462 e. The van der Waals surface area contributed by atoms with Crippen LogP contribution in [0.2, 0.25) is 0 Å². The number of unbranched alkanes of at least 4 members (excludes halogenated alkanes) is 17. The number of carbonyl (C=O) groups excluding carboxylic acids is 2. The number of nitrogens with two attached hydrogens (primary N) is 1. The van der Waals surface area contributed by atoms with Gasteiger partial charge in [0.15, 0.2) is 6.10 Å². The minimum absolute atomic E-state index is 0.0440.